The molecule has 2 N–H and O–H groups in total. The van der Waals surface area contributed by atoms with Crippen molar-refractivity contribution in [2.75, 3.05) is 30.3 Å². The first-order chi connectivity index (χ1) is 14.3. The van der Waals surface area contributed by atoms with Crippen molar-refractivity contribution >= 4 is 58.1 Å². The van der Waals surface area contributed by atoms with Crippen molar-refractivity contribution in [2.45, 2.75) is 19.4 Å². The number of aromatic nitrogens is 2. The Kier molecular flexibility index (Phi) is 9.98. The molecule has 0 aliphatic carbocycles. The zero-order chi connectivity index (χ0) is 22.3. The molecular weight excluding hydrogens is 547 g/mol. The number of nitro groups is 1. The summed E-state index contributed by atoms with van der Waals surface area (Å²) in [6, 6.07) is 0. The minimum absolute atomic E-state index is 0.0685. The molecule has 1 aromatic rings. The number of amides is 2. The van der Waals surface area contributed by atoms with Gasteiger partial charge in [-0.25, -0.2) is 9.24 Å². The molecule has 11 nitrogen and oxygen atoms in total. The van der Waals surface area contributed by atoms with Crippen molar-refractivity contribution in [3.63, 3.8) is 0 Å². The second-order valence-corrected chi connectivity index (χ2v) is 9.31. The van der Waals surface area contributed by atoms with Crippen LogP contribution in [0.4, 0.5) is 5.95 Å². The predicted octanol–water partition coefficient (Wildman–Crippen LogP) is 1.98. The third-order valence-electron chi connectivity index (χ3n) is 4.43. The van der Waals surface area contributed by atoms with E-state index in [0.29, 0.717) is 37.3 Å². The first-order valence-corrected chi connectivity index (χ1v) is 12.6. The van der Waals surface area contributed by atoms with E-state index in [1.54, 1.807) is 7.05 Å². The minimum Gasteiger partial charge on any atom is -0.390 e. The second-order valence-electron chi connectivity index (χ2n) is 6.29. The van der Waals surface area contributed by atoms with Gasteiger partial charge in [0, 0.05) is 48.9 Å². The zero-order valence-electron chi connectivity index (χ0n) is 16.4. The Morgan fingerprint density at radius 2 is 1.87 bits per heavy atom. The van der Waals surface area contributed by atoms with Crippen LogP contribution < -0.4 is 5.50 Å². The van der Waals surface area contributed by atoms with E-state index >= 15 is 0 Å². The fourth-order valence-electron chi connectivity index (χ4n) is 2.89. The fraction of sp³-hybridized carbons (Fsp3) is 0.562. The molecule has 1 atom stereocenters. The Morgan fingerprint density at radius 3 is 2.40 bits per heavy atom. The number of aryl methyl sites for hydroxylation is 1. The maximum absolute atomic E-state index is 11.7. The summed E-state index contributed by atoms with van der Waals surface area (Å²) in [7, 11) is 0.168. The van der Waals surface area contributed by atoms with Crippen LogP contribution in [0, 0.1) is 10.1 Å². The first kappa shape index (κ1) is 25.0. The highest BCUT2D eigenvalue weighted by atomic mass is 79.9. The second kappa shape index (κ2) is 12.0. The topological polar surface area (TPSA) is 137 Å². The first-order valence-electron chi connectivity index (χ1n) is 9.07. The van der Waals surface area contributed by atoms with Gasteiger partial charge in [-0.1, -0.05) is 36.8 Å². The Balaban J connectivity index is 2.07. The van der Waals surface area contributed by atoms with Crippen LogP contribution in [0.25, 0.3) is 0 Å². The van der Waals surface area contributed by atoms with Crippen molar-refractivity contribution in [3.05, 3.63) is 33.7 Å². The number of nitrogens with zero attached hydrogens (tertiary/aromatic N) is 5. The molecule has 1 aromatic heterocycles. The highest BCUT2D eigenvalue weighted by Crippen LogP contribution is 2.34. The fourth-order valence-corrected chi connectivity index (χ4v) is 5.30. The van der Waals surface area contributed by atoms with Crippen molar-refractivity contribution in [1.82, 2.24) is 19.1 Å². The summed E-state index contributed by atoms with van der Waals surface area (Å²) >= 11 is 6.78. The summed E-state index contributed by atoms with van der Waals surface area (Å²) in [5, 5.41) is 12.8. The van der Waals surface area contributed by atoms with Gasteiger partial charge >= 0.3 is 5.95 Å². The zero-order valence-corrected chi connectivity index (χ0v) is 20.4. The molecule has 0 saturated heterocycles. The van der Waals surface area contributed by atoms with Crippen molar-refractivity contribution < 1.29 is 19.0 Å². The predicted molar refractivity (Wildman–Crippen MR) is 119 cm³/mol. The van der Waals surface area contributed by atoms with Gasteiger partial charge in [0.05, 0.1) is 7.05 Å². The third-order valence-corrected chi connectivity index (χ3v) is 6.49. The Hall–Kier alpha value is -1.24. The molecule has 0 bridgehead atoms. The van der Waals surface area contributed by atoms with Gasteiger partial charge in [-0.3, -0.25) is 20.0 Å². The summed E-state index contributed by atoms with van der Waals surface area (Å²) in [5.41, 5.74) is 7.24. The maximum Gasteiger partial charge on any atom is 0.434 e. The lowest BCUT2D eigenvalue weighted by Gasteiger charge is -2.25. The summed E-state index contributed by atoms with van der Waals surface area (Å²) in [4.78, 5) is 39.3. The molecule has 14 heteroatoms. The van der Waals surface area contributed by atoms with Gasteiger partial charge in [0.1, 0.15) is 12.3 Å². The summed E-state index contributed by atoms with van der Waals surface area (Å²) in [5.74, 6) is -1.01. The van der Waals surface area contributed by atoms with Gasteiger partial charge in [-0.15, -0.1) is 0 Å². The molecule has 166 valence electrons. The molecule has 2 rings (SSSR count). The van der Waals surface area contributed by atoms with Gasteiger partial charge in [0.15, 0.2) is 14.1 Å². The Morgan fingerprint density at radius 1 is 1.27 bits per heavy atom. The molecule has 30 heavy (non-hydrogen) atoms. The van der Waals surface area contributed by atoms with Crippen LogP contribution in [0.5, 0.6) is 0 Å². The highest BCUT2D eigenvalue weighted by Gasteiger charge is 2.28. The van der Waals surface area contributed by atoms with Crippen LogP contribution in [0.15, 0.2) is 12.2 Å². The number of halogens is 2. The van der Waals surface area contributed by atoms with E-state index < -0.39 is 13.4 Å². The molecule has 0 fully saturated rings. The lowest BCUT2D eigenvalue weighted by molar-refractivity contribution is -0.396. The van der Waals surface area contributed by atoms with Crippen LogP contribution >= 0.6 is 40.3 Å². The van der Waals surface area contributed by atoms with Gasteiger partial charge in [-0.05, 0) is 11.3 Å². The van der Waals surface area contributed by atoms with Crippen LogP contribution in [0.1, 0.15) is 17.8 Å². The molecular formula is C16H23Br2N6O5P. The summed E-state index contributed by atoms with van der Waals surface area (Å²) in [6.45, 7) is 1.69. The third kappa shape index (κ3) is 6.38. The number of carbonyl (C=O) groups excluding carboxylic acids is 2. The summed E-state index contributed by atoms with van der Waals surface area (Å²) < 4.78 is 9.21. The van der Waals surface area contributed by atoms with Crippen LogP contribution in [0.2, 0.25) is 0 Å². The number of rotatable bonds is 13. The monoisotopic (exact) mass is 568 g/mol. The molecule has 1 aliphatic heterocycles. The van der Waals surface area contributed by atoms with E-state index in [1.807, 2.05) is 4.67 Å². The number of hydrogen-bond donors (Lipinski definition) is 1. The number of imide groups is 1. The SMILES string of the molecule is Cn1c([N+](=O)[O-])nc(CCCN2C(=O)C=CC2=O)c1COP(N)N(CCBr)CCBr. The van der Waals surface area contributed by atoms with Gasteiger partial charge in [0.25, 0.3) is 11.8 Å². The largest absolute Gasteiger partial charge is 0.434 e. The molecule has 0 radical (unpaired) electrons. The number of nitrogens with two attached hydrogens (primary N) is 1. The van der Waals surface area contributed by atoms with Crippen LogP contribution in [-0.2, 0) is 34.2 Å². The molecule has 1 aliphatic rings. The van der Waals surface area contributed by atoms with Crippen molar-refractivity contribution in [1.29, 1.82) is 0 Å². The summed E-state index contributed by atoms with van der Waals surface area (Å²) in [6.07, 6.45) is 3.23. The average molecular weight is 570 g/mol. The number of alkyl halides is 2. The van der Waals surface area contributed by atoms with Gasteiger partial charge in [-0.2, -0.15) is 0 Å². The smallest absolute Gasteiger partial charge is 0.390 e. The van der Waals surface area contributed by atoms with Crippen LogP contribution in [0.3, 0.4) is 0 Å². The standard InChI is InChI=1S/C16H23Br2N6O5P/c1-21-13(11-29-30(19)22(9-6-17)10-7-18)12(20-16(21)24(27)28)3-2-8-23-14(25)4-5-15(23)26/h4-5H,2-3,6-11,19H2,1H3. The molecule has 2 heterocycles. The normalized spacial score (nSPS) is 14.9. The highest BCUT2D eigenvalue weighted by molar-refractivity contribution is 9.09. The van der Waals surface area contributed by atoms with Crippen LogP contribution in [-0.4, -0.2) is 66.2 Å². The lowest BCUT2D eigenvalue weighted by Crippen LogP contribution is -2.31. The molecule has 0 aromatic carbocycles. The number of imidazole rings is 1. The molecule has 2 amide bonds. The number of hydrogen-bond acceptors (Lipinski definition) is 8. The van der Waals surface area contributed by atoms with Gasteiger partial charge in [0.2, 0.25) is 0 Å². The van der Waals surface area contributed by atoms with E-state index in [4.69, 9.17) is 10.0 Å². The van der Waals surface area contributed by atoms with E-state index in [-0.39, 0.29) is 30.9 Å². The van der Waals surface area contributed by atoms with E-state index in [0.717, 1.165) is 15.6 Å². The maximum atomic E-state index is 11.7. The average Bonchev–Trinajstić information content (AvgIpc) is 3.19. The van der Waals surface area contributed by atoms with Crippen molar-refractivity contribution in [3.8, 4) is 0 Å². The number of carbonyl (C=O) groups is 2. The van der Waals surface area contributed by atoms with Crippen molar-refractivity contribution in [2.24, 2.45) is 12.6 Å². The minimum atomic E-state index is -1.39. The Bertz CT molecular complexity index is 796. The molecule has 1 unspecified atom stereocenters. The quantitative estimate of drug-likeness (QED) is 0.125. The van der Waals surface area contributed by atoms with E-state index in [9.17, 15) is 19.7 Å². The molecule has 0 spiro atoms. The van der Waals surface area contributed by atoms with E-state index in [2.05, 4.69) is 36.8 Å². The molecule has 0 saturated carbocycles. The van der Waals surface area contributed by atoms with E-state index in [1.165, 1.54) is 16.7 Å². The Labute approximate surface area is 192 Å². The van der Waals surface area contributed by atoms with Gasteiger partial charge < -0.3 is 14.6 Å². The lowest BCUT2D eigenvalue weighted by atomic mass is 10.2.